The minimum absolute atomic E-state index is 0.935. The molecule has 0 aromatic rings. The molecule has 100 heavy (non-hydrogen) atoms. The van der Waals surface area contributed by atoms with E-state index in [2.05, 4.69) is 0 Å². The van der Waals surface area contributed by atoms with Gasteiger partial charge in [0, 0.05) is 0 Å². The van der Waals surface area contributed by atoms with Crippen molar-refractivity contribution in [1.29, 1.82) is 0 Å². The lowest BCUT2D eigenvalue weighted by atomic mass is 9.98. The van der Waals surface area contributed by atoms with Gasteiger partial charge in [-0.1, -0.05) is 0 Å². The predicted octanol–water partition coefficient (Wildman–Crippen LogP) is -20.6. The third-order valence-corrected chi connectivity index (χ3v) is 19.5. The molecule has 29 N–H and O–H groups in total. The van der Waals surface area contributed by atoms with E-state index in [0.717, 1.165) is 0 Å². The van der Waals surface area contributed by atoms with Crippen LogP contribution in [0.4, 0.5) is 0 Å². The molecule has 37 atom stereocenters. The summed E-state index contributed by atoms with van der Waals surface area (Å²) in [5.41, 5.74) is 0. The Kier molecular flexibility index (Phi) is 26.4. The van der Waals surface area contributed by atoms with Gasteiger partial charge in [-0.25, -0.2) is 0 Å². The Morgan fingerprint density at radius 3 is 0.640 bits per heavy atom. The van der Waals surface area contributed by atoms with Gasteiger partial charge in [0.05, 0.1) is 59.5 Å². The van der Waals surface area contributed by atoms with Gasteiger partial charge >= 0.3 is 0 Å². The first-order valence-electron chi connectivity index (χ1n) is 31.4. The van der Waals surface area contributed by atoms with E-state index in [1.54, 1.807) is 0 Å². The number of aliphatic hydroxyl groups is 29. The maximum absolute atomic E-state index is 11.9. The molecule has 0 spiro atoms. The molecule has 37 unspecified atom stereocenters. The average Bonchev–Trinajstić information content (AvgIpc) is 1.56. The fraction of sp³-hybridized carbons (Fsp3) is 1.00. The number of rotatable bonds is 33. The fourth-order valence-corrected chi connectivity index (χ4v) is 13.2. The van der Waals surface area contributed by atoms with E-state index in [4.69, 9.17) is 80.5 Å². The van der Waals surface area contributed by atoms with Crippen LogP contribution in [0.5, 0.6) is 0 Å². The summed E-state index contributed by atoms with van der Waals surface area (Å²) < 4.78 is 98.5. The third kappa shape index (κ3) is 14.5. The zero-order valence-corrected chi connectivity index (χ0v) is 52.7. The van der Waals surface area contributed by atoms with Crippen LogP contribution in [-0.2, 0) is 80.5 Å². The van der Waals surface area contributed by atoms with Crippen molar-refractivity contribution in [2.75, 3.05) is 112 Å². The van der Waals surface area contributed by atoms with Crippen LogP contribution < -0.4 is 0 Å². The molecule has 9 heterocycles. The van der Waals surface area contributed by atoms with Gasteiger partial charge in [0.25, 0.3) is 0 Å². The van der Waals surface area contributed by atoms with E-state index in [9.17, 15) is 148 Å². The molecular weight excluding hydrogens is 1380 g/mol. The second kappa shape index (κ2) is 32.2. The highest BCUT2D eigenvalue weighted by molar-refractivity contribution is 5.08. The summed E-state index contributed by atoms with van der Waals surface area (Å²) in [5, 5.41) is 315. The Morgan fingerprint density at radius 2 is 0.410 bits per heavy atom. The maximum atomic E-state index is 11.9. The Morgan fingerprint density at radius 1 is 0.210 bits per heavy atom. The van der Waals surface area contributed by atoms with Crippen molar-refractivity contribution in [2.24, 2.45) is 0 Å². The fourth-order valence-electron chi connectivity index (χ4n) is 13.2. The van der Waals surface area contributed by atoms with Crippen LogP contribution in [0.3, 0.4) is 0 Å². The summed E-state index contributed by atoms with van der Waals surface area (Å²) in [7, 11) is 0. The van der Waals surface area contributed by atoms with Gasteiger partial charge in [-0.3, -0.25) is 0 Å². The van der Waals surface area contributed by atoms with Gasteiger partial charge in [0.1, 0.15) is 224 Å². The van der Waals surface area contributed by atoms with Crippen molar-refractivity contribution in [1.82, 2.24) is 0 Å². The van der Waals surface area contributed by atoms with E-state index >= 15 is 0 Å². The Hall–Kier alpha value is -1.84. The van der Waals surface area contributed by atoms with Crippen molar-refractivity contribution in [2.45, 2.75) is 223 Å². The molecule has 0 bridgehead atoms. The summed E-state index contributed by atoms with van der Waals surface area (Å²) in [6.07, 6.45) is -61.5. The van der Waals surface area contributed by atoms with E-state index in [0.29, 0.717) is 0 Å². The van der Waals surface area contributed by atoms with Crippen LogP contribution in [0.2, 0.25) is 0 Å². The largest absolute Gasteiger partial charge is 0.394 e. The summed E-state index contributed by atoms with van der Waals surface area (Å²) >= 11 is 0. The number of aliphatic hydroxyl groups excluding tert-OH is 29. The molecule has 0 aliphatic carbocycles. The smallest absolute Gasteiger partial charge is 0.224 e. The molecule has 0 radical (unpaired) electrons. The lowest BCUT2D eigenvalue weighted by molar-refractivity contribution is -0.396. The van der Waals surface area contributed by atoms with Gasteiger partial charge in [-0.2, -0.15) is 0 Å². The number of hydrogen-bond donors (Lipinski definition) is 29. The van der Waals surface area contributed by atoms with Crippen LogP contribution in [0.1, 0.15) is 0 Å². The number of ether oxygens (including phenoxy) is 17. The second-order valence-electron chi connectivity index (χ2n) is 25.7. The normalized spacial score (nSPS) is 52.7. The van der Waals surface area contributed by atoms with Crippen molar-refractivity contribution >= 4 is 0 Å². The first-order chi connectivity index (χ1) is 47.2. The Labute approximate surface area is 563 Å². The third-order valence-electron chi connectivity index (χ3n) is 19.5. The lowest BCUT2D eigenvalue weighted by Crippen LogP contribution is -2.63. The van der Waals surface area contributed by atoms with Crippen molar-refractivity contribution in [3.63, 3.8) is 0 Å². The molecule has 46 nitrogen and oxygen atoms in total. The van der Waals surface area contributed by atoms with Crippen LogP contribution >= 0.6 is 0 Å². The molecular formula is C54H92O46. The highest BCUT2D eigenvalue weighted by Crippen LogP contribution is 2.47. The molecule has 46 heteroatoms. The average molecular weight is 1480 g/mol. The molecule has 9 saturated heterocycles. The van der Waals surface area contributed by atoms with E-state index < -0.39 is 336 Å². The van der Waals surface area contributed by atoms with Gasteiger partial charge in [0.2, 0.25) is 46.3 Å². The number of hydrogen-bond acceptors (Lipinski definition) is 46. The van der Waals surface area contributed by atoms with Crippen molar-refractivity contribution in [3.8, 4) is 0 Å². The summed E-state index contributed by atoms with van der Waals surface area (Å²) in [5.74, 6) is -23.6. The molecule has 9 aliphatic heterocycles. The van der Waals surface area contributed by atoms with Gasteiger partial charge in [-0.15, -0.1) is 0 Å². The van der Waals surface area contributed by atoms with Crippen LogP contribution in [-0.4, -0.2) is 484 Å². The van der Waals surface area contributed by atoms with Crippen molar-refractivity contribution in [3.05, 3.63) is 0 Å². The molecule has 0 aromatic heterocycles. The van der Waals surface area contributed by atoms with Crippen LogP contribution in [0.25, 0.3) is 0 Å². The summed E-state index contributed by atoms with van der Waals surface area (Å²) in [4.78, 5) is 0. The first kappa shape index (κ1) is 82.2. The molecule has 0 saturated carbocycles. The topological polar surface area (TPSA) is 744 Å². The van der Waals surface area contributed by atoms with Gasteiger partial charge in [-0.05, 0) is 0 Å². The highest BCUT2D eigenvalue weighted by atomic mass is 16.9. The monoisotopic (exact) mass is 1480 g/mol. The van der Waals surface area contributed by atoms with E-state index in [1.165, 1.54) is 0 Å². The first-order valence-corrected chi connectivity index (χ1v) is 31.4. The second-order valence-corrected chi connectivity index (χ2v) is 25.7. The lowest BCUT2D eigenvalue weighted by Gasteiger charge is -2.44. The predicted molar refractivity (Wildman–Crippen MR) is 297 cm³/mol. The molecule has 9 fully saturated rings. The molecule has 584 valence electrons. The standard InChI is InChI=1S/C54H92O46/c55-1-18-28(66)38(76)47(10-63,92-18)85-13-50(41(79)31(69)21(4-58)95-50)87-15-52(43(81)33(71)23(6-60)97-52)89-17-54(45(83)35(73)25(8-62)99-54)90-16-53(44(82)34(72)24(7-61)98-53)88-14-51(42(80)32(70)22(5-59)96-51)86-12-49(40(78)30(68)20(3-57)94-49)84-9-26-27(65)36(74)37(75)46(91-26)100-48(11-64)39(77)29(67)19(2-56)93-48/h18-46,55-83H,1-17H2. The molecule has 9 rings (SSSR count). The SMILES string of the molecule is OCC1OC(CO)(OCC2(OCC3(OCC4(OCC5(OCC6(OCC7(OCC8OC(OC9(CO)OC(CO)C(O)C9O)C(O)C(O)C8O)OC(CO)C(O)C7O)OC(CO)C(O)C6O)OC(CO)C(O)C5O)OC(CO)C(O)C4O)OC(CO)C(O)C3O)OC(CO)C(O)C2O)C(O)C1O. The van der Waals surface area contributed by atoms with Gasteiger partial charge < -0.3 is 229 Å². The van der Waals surface area contributed by atoms with Crippen LogP contribution in [0, 0.1) is 0 Å². The molecule has 9 aliphatic rings. The Bertz CT molecular complexity index is 2600. The van der Waals surface area contributed by atoms with Crippen LogP contribution in [0.15, 0.2) is 0 Å². The quantitative estimate of drug-likeness (QED) is 0.0290. The summed E-state index contributed by atoms with van der Waals surface area (Å²) in [6, 6.07) is 0. The van der Waals surface area contributed by atoms with Gasteiger partial charge in [0.15, 0.2) is 6.29 Å². The maximum Gasteiger partial charge on any atom is 0.224 e. The Balaban J connectivity index is 1.00. The zero-order valence-electron chi connectivity index (χ0n) is 52.7. The minimum Gasteiger partial charge on any atom is -0.394 e. The highest BCUT2D eigenvalue weighted by Gasteiger charge is 2.69. The van der Waals surface area contributed by atoms with E-state index in [1.807, 2.05) is 0 Å². The zero-order chi connectivity index (χ0) is 73.8. The molecule has 0 aromatic carbocycles. The van der Waals surface area contributed by atoms with Crippen molar-refractivity contribution < 1.29 is 229 Å². The summed E-state index contributed by atoms with van der Waals surface area (Å²) in [6.45, 7) is -21.2. The molecule has 0 amide bonds. The van der Waals surface area contributed by atoms with E-state index in [-0.39, 0.29) is 0 Å². The minimum atomic E-state index is -3.13.